The molecule has 1 N–H and O–H groups in total. The van der Waals surface area contributed by atoms with Crippen LogP contribution in [0.4, 0.5) is 0 Å². The molecule has 0 aromatic heterocycles. The largest absolute Gasteiger partial charge is 0.359 e. The first-order chi connectivity index (χ1) is 8.26. The molecule has 1 aliphatic heterocycles. The van der Waals surface area contributed by atoms with Gasteiger partial charge in [0.25, 0.3) is 0 Å². The predicted molar refractivity (Wildman–Crippen MR) is 64.5 cm³/mol. The Bertz CT molecular complexity index is 518. The number of hydrogen-bond acceptors (Lipinski definition) is 5. The third-order valence-corrected chi connectivity index (χ3v) is 4.21. The minimum atomic E-state index is -1.66. The molecule has 0 bridgehead atoms. The summed E-state index contributed by atoms with van der Waals surface area (Å²) in [6.07, 6.45) is 0. The lowest BCUT2D eigenvalue weighted by molar-refractivity contribution is -0.133. The maximum Gasteiger partial charge on any atom is 0.190 e. The van der Waals surface area contributed by atoms with Gasteiger partial charge in [0.2, 0.25) is 0 Å². The predicted octanol–water partition coefficient (Wildman–Crippen LogP) is 1.99. The van der Waals surface area contributed by atoms with Crippen molar-refractivity contribution < 1.29 is 4.74 Å². The van der Waals surface area contributed by atoms with Crippen LogP contribution in [0.5, 0.6) is 0 Å². The molecule has 0 aromatic rings. The molecule has 0 aliphatic carbocycles. The van der Waals surface area contributed by atoms with E-state index in [9.17, 15) is 10.5 Å². The number of nitriles is 3. The van der Waals surface area contributed by atoms with E-state index >= 15 is 0 Å². The molecule has 1 rings (SSSR count). The van der Waals surface area contributed by atoms with Crippen molar-refractivity contribution in [3.05, 3.63) is 10.7 Å². The number of ether oxygens (including phenoxy) is 1. The molecule has 1 heterocycles. The fraction of sp³-hybridized carbons (Fsp3) is 0.583. The number of halogens is 1. The Hall–Kier alpha value is -1.74. The molecular formula is C12H13ClN4O. The average molecular weight is 265 g/mol. The van der Waals surface area contributed by atoms with Crippen molar-refractivity contribution in [2.75, 3.05) is 7.11 Å². The minimum absolute atomic E-state index is 0.0238. The molecule has 0 saturated carbocycles. The Morgan fingerprint density at radius 3 is 2.00 bits per heavy atom. The number of rotatable bonds is 1. The minimum Gasteiger partial charge on any atom is -0.359 e. The second kappa shape index (κ2) is 4.18. The summed E-state index contributed by atoms with van der Waals surface area (Å²) in [6, 6.07) is 5.71. The van der Waals surface area contributed by atoms with Crippen LogP contribution < -0.4 is 5.32 Å². The lowest BCUT2D eigenvalue weighted by atomic mass is 9.57. The highest BCUT2D eigenvalue weighted by Crippen LogP contribution is 2.54. The van der Waals surface area contributed by atoms with Crippen LogP contribution in [0.1, 0.15) is 20.8 Å². The van der Waals surface area contributed by atoms with Crippen molar-refractivity contribution >= 4 is 11.6 Å². The second-order valence-corrected chi connectivity index (χ2v) is 5.14. The molecule has 0 saturated heterocycles. The first-order valence-corrected chi connectivity index (χ1v) is 5.60. The number of methoxy groups -OCH3 is 1. The highest BCUT2D eigenvalue weighted by molar-refractivity contribution is 6.30. The topological polar surface area (TPSA) is 92.6 Å². The number of nitrogens with zero attached hydrogens (tertiary/aromatic N) is 3. The lowest BCUT2D eigenvalue weighted by Gasteiger charge is -2.52. The summed E-state index contributed by atoms with van der Waals surface area (Å²) in [4.78, 5) is 0. The van der Waals surface area contributed by atoms with Gasteiger partial charge in [0, 0.05) is 12.5 Å². The zero-order chi connectivity index (χ0) is 14.2. The van der Waals surface area contributed by atoms with Gasteiger partial charge in [-0.05, 0) is 6.92 Å². The molecule has 1 unspecified atom stereocenters. The second-order valence-electron chi connectivity index (χ2n) is 4.76. The van der Waals surface area contributed by atoms with Gasteiger partial charge in [-0.15, -0.1) is 0 Å². The van der Waals surface area contributed by atoms with Crippen LogP contribution in [0.15, 0.2) is 10.7 Å². The highest BCUT2D eigenvalue weighted by Gasteiger charge is 2.63. The van der Waals surface area contributed by atoms with Gasteiger partial charge in [-0.1, -0.05) is 25.4 Å². The zero-order valence-electron chi connectivity index (χ0n) is 10.6. The van der Waals surface area contributed by atoms with Gasteiger partial charge in [-0.25, -0.2) is 0 Å². The standard InChI is InChI=1S/C12H13ClN4O/c1-10(2)11(3,18-4)17-9(13)8(5-14)12(10,6-15)7-16/h17H,1-4H3. The van der Waals surface area contributed by atoms with Gasteiger partial charge >= 0.3 is 0 Å². The molecule has 0 amide bonds. The van der Waals surface area contributed by atoms with E-state index in [0.29, 0.717) is 0 Å². The molecule has 0 fully saturated rings. The summed E-state index contributed by atoms with van der Waals surface area (Å²) in [5.41, 5.74) is -3.74. The first-order valence-electron chi connectivity index (χ1n) is 5.22. The lowest BCUT2D eigenvalue weighted by Crippen LogP contribution is -2.64. The SMILES string of the molecule is COC1(C)NC(Cl)=C(C#N)C(C#N)(C#N)C1(C)C. The molecule has 18 heavy (non-hydrogen) atoms. The highest BCUT2D eigenvalue weighted by atomic mass is 35.5. The maximum absolute atomic E-state index is 9.42. The molecule has 6 heteroatoms. The Kier molecular flexibility index (Phi) is 3.32. The van der Waals surface area contributed by atoms with Crippen molar-refractivity contribution in [1.29, 1.82) is 15.8 Å². The van der Waals surface area contributed by atoms with E-state index in [2.05, 4.69) is 5.32 Å². The van der Waals surface area contributed by atoms with Crippen LogP contribution >= 0.6 is 11.6 Å². The fourth-order valence-corrected chi connectivity index (χ4v) is 2.48. The first kappa shape index (κ1) is 14.3. The van der Waals surface area contributed by atoms with Gasteiger partial charge in [0.1, 0.15) is 17.0 Å². The van der Waals surface area contributed by atoms with E-state index in [-0.39, 0.29) is 10.7 Å². The van der Waals surface area contributed by atoms with E-state index in [4.69, 9.17) is 21.6 Å². The zero-order valence-corrected chi connectivity index (χ0v) is 11.4. The normalized spacial score (nSPS) is 28.6. The molecule has 1 atom stereocenters. The van der Waals surface area contributed by atoms with Gasteiger partial charge in [0.05, 0.1) is 17.7 Å². The number of allylic oxidation sites excluding steroid dienone is 1. The summed E-state index contributed by atoms with van der Waals surface area (Å²) in [5.74, 6) is 0. The quantitative estimate of drug-likeness (QED) is 0.731. The smallest absolute Gasteiger partial charge is 0.190 e. The molecule has 0 spiro atoms. The summed E-state index contributed by atoms with van der Waals surface area (Å²) in [5, 5.41) is 30.8. The Morgan fingerprint density at radius 2 is 1.67 bits per heavy atom. The van der Waals surface area contributed by atoms with Gasteiger partial charge < -0.3 is 10.1 Å². The number of nitrogens with one attached hydrogen (secondary N) is 1. The van der Waals surface area contributed by atoms with Crippen molar-refractivity contribution in [1.82, 2.24) is 5.32 Å². The van der Waals surface area contributed by atoms with Crippen molar-refractivity contribution in [2.24, 2.45) is 10.8 Å². The van der Waals surface area contributed by atoms with Crippen LogP contribution in [0.2, 0.25) is 0 Å². The van der Waals surface area contributed by atoms with Crippen LogP contribution in [0.25, 0.3) is 0 Å². The fourth-order valence-electron chi connectivity index (χ4n) is 2.12. The van der Waals surface area contributed by atoms with E-state index in [0.717, 1.165) is 0 Å². The van der Waals surface area contributed by atoms with Gasteiger partial charge in [-0.2, -0.15) is 15.8 Å². The Labute approximate surface area is 111 Å². The molecule has 1 aliphatic rings. The van der Waals surface area contributed by atoms with Crippen LogP contribution in [-0.2, 0) is 4.74 Å². The molecule has 0 radical (unpaired) electrons. The van der Waals surface area contributed by atoms with E-state index in [1.54, 1.807) is 20.8 Å². The third-order valence-electron chi connectivity index (χ3n) is 3.93. The summed E-state index contributed by atoms with van der Waals surface area (Å²) in [6.45, 7) is 5.07. The molecule has 0 aromatic carbocycles. The summed E-state index contributed by atoms with van der Waals surface area (Å²) >= 11 is 5.98. The van der Waals surface area contributed by atoms with Crippen LogP contribution in [0.3, 0.4) is 0 Å². The molecule has 94 valence electrons. The summed E-state index contributed by atoms with van der Waals surface area (Å²) < 4.78 is 5.37. The van der Waals surface area contributed by atoms with Crippen molar-refractivity contribution in [2.45, 2.75) is 26.5 Å². The Balaban J connectivity index is 3.75. The van der Waals surface area contributed by atoms with Gasteiger partial charge in [0.15, 0.2) is 5.41 Å². The van der Waals surface area contributed by atoms with E-state index in [1.807, 2.05) is 18.2 Å². The van der Waals surface area contributed by atoms with Crippen molar-refractivity contribution in [3.63, 3.8) is 0 Å². The molecule has 5 nitrogen and oxygen atoms in total. The van der Waals surface area contributed by atoms with Gasteiger partial charge in [-0.3, -0.25) is 0 Å². The van der Waals surface area contributed by atoms with E-state index in [1.165, 1.54) is 7.11 Å². The Morgan fingerprint density at radius 1 is 1.17 bits per heavy atom. The third kappa shape index (κ3) is 1.40. The van der Waals surface area contributed by atoms with Crippen LogP contribution in [0, 0.1) is 44.8 Å². The monoisotopic (exact) mass is 264 g/mol. The van der Waals surface area contributed by atoms with E-state index < -0.39 is 16.6 Å². The van der Waals surface area contributed by atoms with Crippen molar-refractivity contribution in [3.8, 4) is 18.2 Å². The molecular weight excluding hydrogens is 252 g/mol. The van der Waals surface area contributed by atoms with Crippen LogP contribution in [-0.4, -0.2) is 12.8 Å². The number of hydrogen-bond donors (Lipinski definition) is 1. The summed E-state index contributed by atoms with van der Waals surface area (Å²) in [7, 11) is 1.45. The average Bonchev–Trinajstić information content (AvgIpc) is 2.33. The maximum atomic E-state index is 9.42.